The molecule has 6 heteroatoms. The number of hydrogen-bond donors (Lipinski definition) is 0. The average Bonchev–Trinajstić information content (AvgIpc) is 2.79. The summed E-state index contributed by atoms with van der Waals surface area (Å²) in [5.41, 5.74) is 3.02. The lowest BCUT2D eigenvalue weighted by Crippen LogP contribution is -2.29. The average molecular weight is 290 g/mol. The van der Waals surface area contributed by atoms with Gasteiger partial charge in [-0.05, 0) is 27.0 Å². The molecule has 0 aliphatic rings. The van der Waals surface area contributed by atoms with Gasteiger partial charge in [-0.3, -0.25) is 14.1 Å². The molecule has 114 valence electrons. The van der Waals surface area contributed by atoms with Crippen molar-refractivity contribution in [1.82, 2.24) is 19.3 Å². The minimum atomic E-state index is -0.190. The summed E-state index contributed by atoms with van der Waals surface area (Å²) in [4.78, 5) is 22.5. The Hall–Kier alpha value is -1.95. The van der Waals surface area contributed by atoms with E-state index < -0.39 is 0 Å². The number of carbonyl (C=O) groups excluding carboxylic acids is 1. The Balaban J connectivity index is 2.09. The van der Waals surface area contributed by atoms with Crippen molar-refractivity contribution in [2.45, 2.75) is 27.3 Å². The smallest absolute Gasteiger partial charge is 0.309 e. The van der Waals surface area contributed by atoms with Crippen molar-refractivity contribution in [3.8, 4) is 0 Å². The van der Waals surface area contributed by atoms with E-state index in [2.05, 4.69) is 14.9 Å². The van der Waals surface area contributed by atoms with Crippen LogP contribution in [0.25, 0.3) is 5.78 Å². The van der Waals surface area contributed by atoms with Gasteiger partial charge in [-0.15, -0.1) is 0 Å². The minimum Gasteiger partial charge on any atom is -0.469 e. The van der Waals surface area contributed by atoms with Crippen LogP contribution in [0.15, 0.2) is 12.3 Å². The second kappa shape index (κ2) is 6.22. The zero-order valence-electron chi connectivity index (χ0n) is 13.3. The van der Waals surface area contributed by atoms with Crippen molar-refractivity contribution in [2.75, 3.05) is 20.7 Å². The summed E-state index contributed by atoms with van der Waals surface area (Å²) in [5, 5.41) is 0. The number of aryl methyl sites for hydroxylation is 2. The molecule has 2 aromatic rings. The van der Waals surface area contributed by atoms with Gasteiger partial charge < -0.3 is 4.74 Å². The number of carbonyl (C=O) groups is 1. The third-order valence-electron chi connectivity index (χ3n) is 3.43. The van der Waals surface area contributed by atoms with E-state index in [9.17, 15) is 4.79 Å². The quantitative estimate of drug-likeness (QED) is 0.783. The summed E-state index contributed by atoms with van der Waals surface area (Å²) in [5.74, 6) is 0.376. The molecule has 6 nitrogen and oxygen atoms in total. The molecule has 2 heterocycles. The van der Waals surface area contributed by atoms with Gasteiger partial charge in [-0.1, -0.05) is 6.92 Å². The van der Waals surface area contributed by atoms with Gasteiger partial charge in [0.05, 0.1) is 18.7 Å². The van der Waals surface area contributed by atoms with Crippen molar-refractivity contribution in [3.05, 3.63) is 29.3 Å². The van der Waals surface area contributed by atoms with Crippen molar-refractivity contribution in [2.24, 2.45) is 5.92 Å². The van der Waals surface area contributed by atoms with Gasteiger partial charge in [0.15, 0.2) is 0 Å². The SMILES string of the molecule is COC(=O)C(C)CN(C)Cc1cn2c(C)cc(C)nc2n1. The predicted octanol–water partition coefficient (Wildman–Crippen LogP) is 1.59. The van der Waals surface area contributed by atoms with Crippen molar-refractivity contribution < 1.29 is 9.53 Å². The van der Waals surface area contributed by atoms with E-state index in [1.165, 1.54) is 7.11 Å². The number of ether oxygens (including phenoxy) is 1. The molecule has 0 spiro atoms. The van der Waals surface area contributed by atoms with E-state index in [1.807, 2.05) is 44.5 Å². The fraction of sp³-hybridized carbons (Fsp3) is 0.533. The lowest BCUT2D eigenvalue weighted by Gasteiger charge is -2.18. The molecule has 0 fully saturated rings. The highest BCUT2D eigenvalue weighted by Crippen LogP contribution is 2.11. The highest BCUT2D eigenvalue weighted by molar-refractivity contribution is 5.72. The first-order valence-corrected chi connectivity index (χ1v) is 6.99. The fourth-order valence-electron chi connectivity index (χ4n) is 2.48. The maximum absolute atomic E-state index is 11.4. The fourth-order valence-corrected chi connectivity index (χ4v) is 2.48. The number of nitrogens with zero attached hydrogens (tertiary/aromatic N) is 4. The number of rotatable bonds is 5. The molecule has 0 amide bonds. The molecule has 0 aliphatic heterocycles. The van der Waals surface area contributed by atoms with Gasteiger partial charge in [-0.25, -0.2) is 9.97 Å². The third kappa shape index (κ3) is 3.58. The van der Waals surface area contributed by atoms with Crippen LogP contribution in [0.5, 0.6) is 0 Å². The molecule has 0 saturated heterocycles. The first-order valence-electron chi connectivity index (χ1n) is 6.99. The lowest BCUT2D eigenvalue weighted by atomic mass is 10.2. The number of esters is 1. The topological polar surface area (TPSA) is 59.7 Å². The minimum absolute atomic E-state index is 0.154. The van der Waals surface area contributed by atoms with Crippen LogP contribution in [0.3, 0.4) is 0 Å². The van der Waals surface area contributed by atoms with Gasteiger partial charge in [-0.2, -0.15) is 0 Å². The Morgan fingerprint density at radius 2 is 2.14 bits per heavy atom. The molecule has 2 aromatic heterocycles. The Bertz CT molecular complexity index is 650. The zero-order chi connectivity index (χ0) is 15.6. The predicted molar refractivity (Wildman–Crippen MR) is 80.0 cm³/mol. The van der Waals surface area contributed by atoms with E-state index in [0.29, 0.717) is 13.1 Å². The number of hydrogen-bond acceptors (Lipinski definition) is 5. The van der Waals surface area contributed by atoms with E-state index in [0.717, 1.165) is 22.9 Å². The van der Waals surface area contributed by atoms with Crippen LogP contribution in [0.1, 0.15) is 24.0 Å². The van der Waals surface area contributed by atoms with Crippen LogP contribution in [-0.2, 0) is 16.1 Å². The van der Waals surface area contributed by atoms with Crippen LogP contribution in [0.2, 0.25) is 0 Å². The van der Waals surface area contributed by atoms with Crippen LogP contribution in [0, 0.1) is 19.8 Å². The van der Waals surface area contributed by atoms with E-state index in [-0.39, 0.29) is 11.9 Å². The van der Waals surface area contributed by atoms with E-state index in [4.69, 9.17) is 4.74 Å². The Morgan fingerprint density at radius 3 is 2.81 bits per heavy atom. The summed E-state index contributed by atoms with van der Waals surface area (Å²) in [6.45, 7) is 7.16. The Kier molecular flexibility index (Phi) is 4.57. The lowest BCUT2D eigenvalue weighted by molar-refractivity contribution is -0.145. The van der Waals surface area contributed by atoms with Crippen molar-refractivity contribution >= 4 is 11.7 Å². The molecule has 21 heavy (non-hydrogen) atoms. The molecule has 0 aromatic carbocycles. The number of methoxy groups -OCH3 is 1. The third-order valence-corrected chi connectivity index (χ3v) is 3.43. The standard InChI is InChI=1S/C15H22N4O2/c1-10(14(20)21-5)7-18(4)8-13-9-19-12(3)6-11(2)16-15(19)17-13/h6,9-10H,7-8H2,1-5H3. The van der Waals surface area contributed by atoms with Crippen LogP contribution >= 0.6 is 0 Å². The summed E-state index contributed by atoms with van der Waals surface area (Å²) in [7, 11) is 3.38. The van der Waals surface area contributed by atoms with E-state index >= 15 is 0 Å². The van der Waals surface area contributed by atoms with Crippen LogP contribution in [0.4, 0.5) is 0 Å². The highest BCUT2D eigenvalue weighted by Gasteiger charge is 2.16. The summed E-state index contributed by atoms with van der Waals surface area (Å²) >= 11 is 0. The molecule has 0 radical (unpaired) electrons. The molecule has 1 atom stereocenters. The summed E-state index contributed by atoms with van der Waals surface area (Å²) in [6, 6.07) is 2.03. The second-order valence-electron chi connectivity index (χ2n) is 5.56. The molecule has 0 aliphatic carbocycles. The highest BCUT2D eigenvalue weighted by atomic mass is 16.5. The van der Waals surface area contributed by atoms with Gasteiger partial charge in [0.2, 0.25) is 5.78 Å². The molecule has 2 rings (SSSR count). The summed E-state index contributed by atoms with van der Waals surface area (Å²) in [6.07, 6.45) is 2.00. The first-order chi connectivity index (χ1) is 9.90. The number of fused-ring (bicyclic) bond motifs is 1. The van der Waals surface area contributed by atoms with Gasteiger partial charge in [0.1, 0.15) is 0 Å². The molecule has 0 saturated carbocycles. The molecule has 1 unspecified atom stereocenters. The van der Waals surface area contributed by atoms with Gasteiger partial charge >= 0.3 is 5.97 Å². The number of aromatic nitrogens is 3. The van der Waals surface area contributed by atoms with Gasteiger partial charge in [0.25, 0.3) is 0 Å². The first kappa shape index (κ1) is 15.4. The number of imidazole rings is 1. The Morgan fingerprint density at radius 1 is 1.43 bits per heavy atom. The molecule has 0 bridgehead atoms. The van der Waals surface area contributed by atoms with E-state index in [1.54, 1.807) is 0 Å². The van der Waals surface area contributed by atoms with Crippen LogP contribution < -0.4 is 0 Å². The largest absolute Gasteiger partial charge is 0.469 e. The van der Waals surface area contributed by atoms with Crippen molar-refractivity contribution in [3.63, 3.8) is 0 Å². The molecule has 0 N–H and O–H groups in total. The maximum Gasteiger partial charge on any atom is 0.309 e. The zero-order valence-corrected chi connectivity index (χ0v) is 13.3. The normalized spacial score (nSPS) is 12.9. The van der Waals surface area contributed by atoms with Crippen molar-refractivity contribution in [1.29, 1.82) is 0 Å². The van der Waals surface area contributed by atoms with Crippen LogP contribution in [-0.4, -0.2) is 45.9 Å². The molecular weight excluding hydrogens is 268 g/mol. The monoisotopic (exact) mass is 290 g/mol. The molecular formula is C15H22N4O2. The summed E-state index contributed by atoms with van der Waals surface area (Å²) < 4.78 is 6.73. The van der Waals surface area contributed by atoms with Gasteiger partial charge in [0, 0.05) is 30.7 Å². The second-order valence-corrected chi connectivity index (χ2v) is 5.56. The maximum atomic E-state index is 11.4. The Labute approximate surface area is 124 Å².